The van der Waals surface area contributed by atoms with E-state index in [1.165, 1.54) is 0 Å². The Balaban J connectivity index is 2.26. The van der Waals surface area contributed by atoms with Gasteiger partial charge in [0.15, 0.2) is 0 Å². The average Bonchev–Trinajstić information content (AvgIpc) is 2.55. The monoisotopic (exact) mass is 450 g/mol. The van der Waals surface area contributed by atoms with Crippen LogP contribution in [0.25, 0.3) is 21.9 Å². The number of rotatable bonds is 2. The summed E-state index contributed by atoms with van der Waals surface area (Å²) in [5, 5.41) is 1.86. The van der Waals surface area contributed by atoms with E-state index >= 15 is 0 Å². The molecule has 3 nitrogen and oxygen atoms in total. The third-order valence-electron chi connectivity index (χ3n) is 5.79. The van der Waals surface area contributed by atoms with Crippen LogP contribution in [0, 0.1) is 0 Å². The molecule has 0 fully saturated rings. The minimum atomic E-state index is -2.09. The van der Waals surface area contributed by atoms with Crippen molar-refractivity contribution >= 4 is 53.5 Å². The maximum Gasteiger partial charge on any atom is 0.250 e. The number of benzene rings is 2. The zero-order valence-electron chi connectivity index (χ0n) is 18.3. The molecule has 156 valence electrons. The first-order valence-corrected chi connectivity index (χ1v) is 13.4. The van der Waals surface area contributed by atoms with E-state index in [-0.39, 0.29) is 15.9 Å². The van der Waals surface area contributed by atoms with E-state index in [0.717, 1.165) is 5.56 Å². The van der Waals surface area contributed by atoms with Crippen molar-refractivity contribution in [3.05, 3.63) is 50.1 Å². The Hall–Kier alpha value is -1.49. The van der Waals surface area contributed by atoms with Gasteiger partial charge in [-0.05, 0) is 47.3 Å². The summed E-state index contributed by atoms with van der Waals surface area (Å²) in [6.45, 7) is 17.0. The van der Waals surface area contributed by atoms with Crippen molar-refractivity contribution in [1.29, 1.82) is 0 Å². The second-order valence-corrected chi connectivity index (χ2v) is 15.7. The van der Waals surface area contributed by atoms with E-state index in [1.807, 2.05) is 6.07 Å². The van der Waals surface area contributed by atoms with Gasteiger partial charge in [-0.2, -0.15) is 0 Å². The quantitative estimate of drug-likeness (QED) is 0.293. The molecule has 0 aliphatic rings. The van der Waals surface area contributed by atoms with Crippen LogP contribution in [0.3, 0.4) is 0 Å². The van der Waals surface area contributed by atoms with Crippen LogP contribution in [0.1, 0.15) is 47.1 Å². The normalized spacial score (nSPS) is 13.3. The number of hydrogen-bond donors (Lipinski definition) is 0. The molecule has 1 heterocycles. The molecule has 6 heteroatoms. The van der Waals surface area contributed by atoms with Gasteiger partial charge in [-0.3, -0.25) is 4.79 Å². The van der Waals surface area contributed by atoms with Gasteiger partial charge in [0.2, 0.25) is 5.43 Å². The third kappa shape index (κ3) is 4.07. The van der Waals surface area contributed by atoms with Gasteiger partial charge < -0.3 is 8.84 Å². The summed E-state index contributed by atoms with van der Waals surface area (Å²) in [6.07, 6.45) is 0. The minimum Gasteiger partial charge on any atom is -0.542 e. The fourth-order valence-electron chi connectivity index (χ4n) is 2.96. The number of halogens is 2. The van der Waals surface area contributed by atoms with Crippen LogP contribution in [-0.2, 0) is 5.41 Å². The lowest BCUT2D eigenvalue weighted by molar-refractivity contribution is 0.492. The Morgan fingerprint density at radius 2 is 1.38 bits per heavy atom. The molecule has 1 aromatic heterocycles. The molecule has 0 bridgehead atoms. The van der Waals surface area contributed by atoms with Crippen LogP contribution in [-0.4, -0.2) is 8.32 Å². The number of fused-ring (bicyclic) bond motifs is 2. The van der Waals surface area contributed by atoms with Crippen molar-refractivity contribution < 1.29 is 8.84 Å². The molecular weight excluding hydrogens is 423 g/mol. The molecular formula is C23H28Cl2O3Si. The van der Waals surface area contributed by atoms with Gasteiger partial charge in [-0.1, -0.05) is 64.7 Å². The van der Waals surface area contributed by atoms with Crippen LogP contribution < -0.4 is 9.85 Å². The zero-order valence-corrected chi connectivity index (χ0v) is 20.8. The van der Waals surface area contributed by atoms with Crippen LogP contribution in [0.5, 0.6) is 5.75 Å². The summed E-state index contributed by atoms with van der Waals surface area (Å²) >= 11 is 13.0. The Morgan fingerprint density at radius 1 is 0.862 bits per heavy atom. The summed E-state index contributed by atoms with van der Waals surface area (Å²) < 4.78 is 12.5. The van der Waals surface area contributed by atoms with Crippen molar-refractivity contribution in [2.45, 2.75) is 65.1 Å². The maximum absolute atomic E-state index is 13.1. The standard InChI is InChI=1S/C23H28Cl2O3Si/c1-22(2,3)15-11-18-13(9-16(15)24)21(26)14-10-17(25)20(12-19(14)27-18)28-29(7,8)23(4,5)6/h9-12H,1-8H3. The second kappa shape index (κ2) is 7.04. The summed E-state index contributed by atoms with van der Waals surface area (Å²) in [5.74, 6) is 0.554. The minimum absolute atomic E-state index is 0.0217. The molecule has 3 aromatic rings. The van der Waals surface area contributed by atoms with Gasteiger partial charge in [0, 0.05) is 11.1 Å². The molecule has 0 amide bonds. The zero-order chi connectivity index (χ0) is 21.9. The van der Waals surface area contributed by atoms with Gasteiger partial charge in [-0.25, -0.2) is 0 Å². The Kier molecular flexibility index (Phi) is 5.39. The smallest absolute Gasteiger partial charge is 0.250 e. The Bertz CT molecular complexity index is 1170. The second-order valence-electron chi connectivity index (χ2n) is 10.2. The lowest BCUT2D eigenvalue weighted by Crippen LogP contribution is -2.43. The molecule has 0 atom stereocenters. The summed E-state index contributed by atoms with van der Waals surface area (Å²) in [6, 6.07) is 6.93. The van der Waals surface area contributed by atoms with Crippen LogP contribution >= 0.6 is 23.2 Å². The molecule has 0 aliphatic carbocycles. The molecule has 0 N–H and O–H groups in total. The summed E-state index contributed by atoms with van der Waals surface area (Å²) in [7, 11) is -2.09. The van der Waals surface area contributed by atoms with Gasteiger partial charge in [0.25, 0.3) is 8.32 Å². The molecule has 0 aliphatic heterocycles. The van der Waals surface area contributed by atoms with Crippen molar-refractivity contribution in [3.8, 4) is 5.75 Å². The van der Waals surface area contributed by atoms with E-state index in [2.05, 4.69) is 54.6 Å². The largest absolute Gasteiger partial charge is 0.542 e. The molecule has 3 rings (SSSR count). The third-order valence-corrected chi connectivity index (χ3v) is 10.7. The molecule has 0 saturated carbocycles. The highest BCUT2D eigenvalue weighted by molar-refractivity contribution is 6.74. The summed E-state index contributed by atoms with van der Waals surface area (Å²) in [5.41, 5.74) is 1.58. The molecule has 0 saturated heterocycles. The van der Waals surface area contributed by atoms with Gasteiger partial charge in [-0.15, -0.1) is 0 Å². The first-order chi connectivity index (χ1) is 13.1. The average molecular weight is 451 g/mol. The van der Waals surface area contributed by atoms with Gasteiger partial charge in [0.1, 0.15) is 16.9 Å². The lowest BCUT2D eigenvalue weighted by Gasteiger charge is -2.36. The fourth-order valence-corrected chi connectivity index (χ4v) is 4.70. The highest BCUT2D eigenvalue weighted by atomic mass is 35.5. The summed E-state index contributed by atoms with van der Waals surface area (Å²) in [4.78, 5) is 13.1. The fraction of sp³-hybridized carbons (Fsp3) is 0.435. The van der Waals surface area contributed by atoms with E-state index in [9.17, 15) is 4.79 Å². The van der Waals surface area contributed by atoms with Gasteiger partial charge in [0.05, 0.1) is 15.8 Å². The Morgan fingerprint density at radius 3 is 1.90 bits per heavy atom. The molecule has 0 radical (unpaired) electrons. The van der Waals surface area contributed by atoms with E-state index < -0.39 is 8.32 Å². The van der Waals surface area contributed by atoms with Crippen LogP contribution in [0.4, 0.5) is 0 Å². The topological polar surface area (TPSA) is 39.4 Å². The van der Waals surface area contributed by atoms with Gasteiger partial charge >= 0.3 is 0 Å². The maximum atomic E-state index is 13.1. The SMILES string of the molecule is CC(C)(C)c1cc2oc3cc(O[Si](C)(C)C(C)(C)C)c(Cl)cc3c(=O)c2cc1Cl. The van der Waals surface area contributed by atoms with Crippen molar-refractivity contribution in [2.75, 3.05) is 0 Å². The molecule has 0 unspecified atom stereocenters. The highest BCUT2D eigenvalue weighted by Gasteiger charge is 2.39. The lowest BCUT2D eigenvalue weighted by atomic mass is 9.86. The van der Waals surface area contributed by atoms with E-state index in [1.54, 1.807) is 18.2 Å². The van der Waals surface area contributed by atoms with Crippen molar-refractivity contribution in [3.63, 3.8) is 0 Å². The first kappa shape index (κ1) is 22.2. The number of hydrogen-bond acceptors (Lipinski definition) is 3. The highest BCUT2D eigenvalue weighted by Crippen LogP contribution is 2.41. The first-order valence-electron chi connectivity index (χ1n) is 9.71. The molecule has 29 heavy (non-hydrogen) atoms. The van der Waals surface area contributed by atoms with Crippen molar-refractivity contribution in [1.82, 2.24) is 0 Å². The molecule has 0 spiro atoms. The van der Waals surface area contributed by atoms with Crippen LogP contribution in [0.2, 0.25) is 28.2 Å². The Labute approximate surface area is 183 Å². The van der Waals surface area contributed by atoms with Crippen molar-refractivity contribution in [2.24, 2.45) is 0 Å². The predicted octanol–water partition coefficient (Wildman–Crippen LogP) is 7.93. The van der Waals surface area contributed by atoms with E-state index in [4.69, 9.17) is 32.0 Å². The predicted molar refractivity (Wildman–Crippen MR) is 127 cm³/mol. The molecule has 2 aromatic carbocycles. The van der Waals surface area contributed by atoms with E-state index in [0.29, 0.717) is 37.7 Å². The van der Waals surface area contributed by atoms with Crippen LogP contribution in [0.15, 0.2) is 33.5 Å².